The number of aliphatic hydroxyl groups is 1. The Hall–Kier alpha value is -0.220. The number of carbonyl (C=O) groups is 1. The minimum Gasteiger partial charge on any atom is -0.381 e. The van der Waals surface area contributed by atoms with Gasteiger partial charge in [0.1, 0.15) is 5.60 Å². The second-order valence-corrected chi connectivity index (χ2v) is 5.49. The van der Waals surface area contributed by atoms with Crippen molar-refractivity contribution in [3.05, 3.63) is 0 Å². The van der Waals surface area contributed by atoms with Gasteiger partial charge in [0.2, 0.25) is 0 Å². The maximum Gasteiger partial charge on any atom is 0.251 e. The van der Waals surface area contributed by atoms with Gasteiger partial charge in [0.15, 0.2) is 0 Å². The van der Waals surface area contributed by atoms with Crippen LogP contribution in [0.1, 0.15) is 27.2 Å². The molecule has 3 nitrogen and oxygen atoms in total. The Bertz CT molecular complexity index is 200. The van der Waals surface area contributed by atoms with E-state index in [1.165, 1.54) is 13.8 Å². The number of hydrogen-bond acceptors (Lipinski definition) is 3. The summed E-state index contributed by atoms with van der Waals surface area (Å²) in [5.74, 6) is 0.824. The monoisotopic (exact) mass is 203 g/mol. The van der Waals surface area contributed by atoms with Crippen molar-refractivity contribution in [2.45, 2.75) is 44.1 Å². The Morgan fingerprint density at radius 1 is 1.62 bits per heavy atom. The van der Waals surface area contributed by atoms with Crippen molar-refractivity contribution in [2.75, 3.05) is 5.75 Å². The van der Waals surface area contributed by atoms with E-state index in [1.807, 2.05) is 11.8 Å². The van der Waals surface area contributed by atoms with Gasteiger partial charge in [-0.15, -0.1) is 0 Å². The summed E-state index contributed by atoms with van der Waals surface area (Å²) in [6.45, 7) is 5.12. The van der Waals surface area contributed by atoms with Gasteiger partial charge in [0.05, 0.1) is 0 Å². The van der Waals surface area contributed by atoms with Crippen LogP contribution in [0.3, 0.4) is 0 Å². The van der Waals surface area contributed by atoms with E-state index in [1.54, 1.807) is 0 Å². The molecule has 0 radical (unpaired) electrons. The number of thioether (sulfide) groups is 1. The van der Waals surface area contributed by atoms with Gasteiger partial charge in [-0.2, -0.15) is 11.8 Å². The second-order valence-electron chi connectivity index (χ2n) is 4.00. The Labute approximate surface area is 83.3 Å². The number of carbonyl (C=O) groups excluding carboxylic acids is 1. The zero-order valence-electron chi connectivity index (χ0n) is 8.33. The smallest absolute Gasteiger partial charge is 0.251 e. The second kappa shape index (κ2) is 3.88. The molecule has 1 aliphatic rings. The van der Waals surface area contributed by atoms with Crippen LogP contribution < -0.4 is 5.32 Å². The highest BCUT2D eigenvalue weighted by Crippen LogP contribution is 2.26. The molecule has 0 aromatic heterocycles. The van der Waals surface area contributed by atoms with Gasteiger partial charge in [-0.05, 0) is 26.0 Å². The molecule has 1 fully saturated rings. The lowest BCUT2D eigenvalue weighted by Crippen LogP contribution is -2.48. The van der Waals surface area contributed by atoms with Crippen molar-refractivity contribution in [3.8, 4) is 0 Å². The van der Waals surface area contributed by atoms with Gasteiger partial charge in [0.25, 0.3) is 5.91 Å². The molecule has 0 spiro atoms. The van der Waals surface area contributed by atoms with E-state index in [0.717, 1.165) is 12.2 Å². The molecule has 0 aliphatic carbocycles. The molecule has 0 saturated carbocycles. The highest BCUT2D eigenvalue weighted by atomic mass is 32.2. The van der Waals surface area contributed by atoms with E-state index >= 15 is 0 Å². The summed E-state index contributed by atoms with van der Waals surface area (Å²) >= 11 is 1.86. The number of hydrogen-bond donors (Lipinski definition) is 2. The Morgan fingerprint density at radius 3 is 2.62 bits per heavy atom. The molecule has 76 valence electrons. The van der Waals surface area contributed by atoms with Gasteiger partial charge < -0.3 is 10.4 Å². The molecule has 4 heteroatoms. The largest absolute Gasteiger partial charge is 0.381 e. The fraction of sp³-hybridized carbons (Fsp3) is 0.889. The lowest BCUT2D eigenvalue weighted by molar-refractivity contribution is -0.137. The van der Waals surface area contributed by atoms with E-state index in [9.17, 15) is 9.90 Å². The van der Waals surface area contributed by atoms with Crippen molar-refractivity contribution in [1.82, 2.24) is 5.32 Å². The average Bonchev–Trinajstić information content (AvgIpc) is 2.34. The van der Waals surface area contributed by atoms with Crippen molar-refractivity contribution in [2.24, 2.45) is 0 Å². The number of nitrogens with one attached hydrogen (secondary N) is 1. The number of amides is 1. The predicted molar refractivity (Wildman–Crippen MR) is 54.8 cm³/mol. The summed E-state index contributed by atoms with van der Waals surface area (Å²) in [7, 11) is 0. The zero-order valence-corrected chi connectivity index (χ0v) is 9.15. The van der Waals surface area contributed by atoms with Crippen LogP contribution in [-0.4, -0.2) is 33.7 Å². The third-order valence-corrected chi connectivity index (χ3v) is 3.57. The quantitative estimate of drug-likeness (QED) is 0.697. The Balaban J connectivity index is 2.45. The maximum atomic E-state index is 11.4. The fourth-order valence-corrected chi connectivity index (χ4v) is 2.46. The molecule has 1 rings (SSSR count). The molecule has 1 amide bonds. The highest BCUT2D eigenvalue weighted by Gasteiger charge is 2.30. The van der Waals surface area contributed by atoms with E-state index < -0.39 is 5.60 Å². The van der Waals surface area contributed by atoms with Gasteiger partial charge >= 0.3 is 0 Å². The van der Waals surface area contributed by atoms with Crippen molar-refractivity contribution >= 4 is 17.7 Å². The van der Waals surface area contributed by atoms with E-state index in [-0.39, 0.29) is 11.9 Å². The summed E-state index contributed by atoms with van der Waals surface area (Å²) in [6.07, 6.45) is 1.01. The number of rotatable bonds is 2. The van der Waals surface area contributed by atoms with Crippen LogP contribution in [0.5, 0.6) is 0 Å². The van der Waals surface area contributed by atoms with Crippen molar-refractivity contribution < 1.29 is 9.90 Å². The van der Waals surface area contributed by atoms with Crippen molar-refractivity contribution in [3.63, 3.8) is 0 Å². The first-order valence-corrected chi connectivity index (χ1v) is 5.61. The van der Waals surface area contributed by atoms with Crippen LogP contribution in [0.4, 0.5) is 0 Å². The Kier molecular flexibility index (Phi) is 3.24. The first-order chi connectivity index (χ1) is 5.91. The Morgan fingerprint density at radius 2 is 2.23 bits per heavy atom. The van der Waals surface area contributed by atoms with E-state index in [2.05, 4.69) is 12.2 Å². The predicted octanol–water partition coefficient (Wildman–Crippen LogP) is 0.767. The summed E-state index contributed by atoms with van der Waals surface area (Å²) in [6, 6.07) is 0.226. The molecule has 2 unspecified atom stereocenters. The fourth-order valence-electron chi connectivity index (χ4n) is 1.27. The lowest BCUT2D eigenvalue weighted by atomic mass is 10.1. The molecule has 1 heterocycles. The lowest BCUT2D eigenvalue weighted by Gasteiger charge is -2.22. The third-order valence-electron chi connectivity index (χ3n) is 2.25. The third kappa shape index (κ3) is 2.88. The molecular formula is C9H17NO2S. The molecule has 2 atom stereocenters. The average molecular weight is 203 g/mol. The zero-order chi connectivity index (χ0) is 10.1. The minimum atomic E-state index is -1.26. The molecule has 0 aromatic rings. The maximum absolute atomic E-state index is 11.4. The van der Waals surface area contributed by atoms with Crippen LogP contribution in [0.15, 0.2) is 0 Å². The van der Waals surface area contributed by atoms with Crippen LogP contribution in [0, 0.1) is 0 Å². The molecule has 2 N–H and O–H groups in total. The minimum absolute atomic E-state index is 0.226. The summed E-state index contributed by atoms with van der Waals surface area (Å²) in [5.41, 5.74) is -1.26. The van der Waals surface area contributed by atoms with Gasteiger partial charge in [-0.1, -0.05) is 6.92 Å². The van der Waals surface area contributed by atoms with Crippen LogP contribution >= 0.6 is 11.8 Å². The van der Waals surface area contributed by atoms with Gasteiger partial charge in [-0.25, -0.2) is 0 Å². The normalized spacial score (nSPS) is 28.9. The van der Waals surface area contributed by atoms with Crippen LogP contribution in [0.2, 0.25) is 0 Å². The first-order valence-electron chi connectivity index (χ1n) is 4.56. The van der Waals surface area contributed by atoms with Crippen molar-refractivity contribution in [1.29, 1.82) is 0 Å². The summed E-state index contributed by atoms with van der Waals surface area (Å²) in [4.78, 5) is 11.4. The highest BCUT2D eigenvalue weighted by molar-refractivity contribution is 8.00. The molecule has 0 bridgehead atoms. The molecule has 0 aromatic carbocycles. The van der Waals surface area contributed by atoms with E-state index in [0.29, 0.717) is 5.25 Å². The molecular weight excluding hydrogens is 186 g/mol. The standard InChI is InChI=1S/C9H17NO2S/c1-6-7(4-5-13-6)10-8(11)9(2,3)12/h6-7,12H,4-5H2,1-3H3,(H,10,11). The molecule has 13 heavy (non-hydrogen) atoms. The molecule has 1 aliphatic heterocycles. The van der Waals surface area contributed by atoms with E-state index in [4.69, 9.17) is 0 Å². The topological polar surface area (TPSA) is 49.3 Å². The van der Waals surface area contributed by atoms with Crippen LogP contribution in [0.25, 0.3) is 0 Å². The van der Waals surface area contributed by atoms with Crippen LogP contribution in [-0.2, 0) is 4.79 Å². The summed E-state index contributed by atoms with van der Waals surface area (Å²) in [5, 5.41) is 12.7. The molecule has 1 saturated heterocycles. The summed E-state index contributed by atoms with van der Waals surface area (Å²) < 4.78 is 0. The first kappa shape index (κ1) is 10.9. The van der Waals surface area contributed by atoms with Gasteiger partial charge in [0, 0.05) is 11.3 Å². The van der Waals surface area contributed by atoms with Gasteiger partial charge in [-0.3, -0.25) is 4.79 Å². The SMILES string of the molecule is CC1SCCC1NC(=O)C(C)(C)O.